The molecule has 166 valence electrons. The van der Waals surface area contributed by atoms with E-state index in [4.69, 9.17) is 32.7 Å². The normalized spacial score (nSPS) is 10.9. The minimum absolute atomic E-state index is 0.0731. The average molecular weight is 473 g/mol. The Morgan fingerprint density at radius 1 is 1.09 bits per heavy atom. The van der Waals surface area contributed by atoms with Crippen LogP contribution < -0.4 is 14.9 Å². The molecule has 0 bridgehead atoms. The van der Waals surface area contributed by atoms with Crippen LogP contribution in [-0.4, -0.2) is 24.3 Å². The third-order valence-electron chi connectivity index (χ3n) is 4.69. The number of phenolic OH excluding ortho intramolecular Hbond substituents is 1. The van der Waals surface area contributed by atoms with Crippen molar-refractivity contribution in [2.45, 2.75) is 20.5 Å². The van der Waals surface area contributed by atoms with Crippen LogP contribution in [0.1, 0.15) is 32.6 Å². The standard InChI is InChI=1S/C24H22Cl2N2O4/c1-14-8-19(9-15(2)23(14)26)32-13-17-10-16(4-7-22(17)31-3)12-27-28-24(30)20-6-5-18(25)11-21(20)29/h4-12,29H,13H2,1-3H3,(H,28,30)/b27-12-. The van der Waals surface area contributed by atoms with Crippen LogP contribution >= 0.6 is 23.2 Å². The van der Waals surface area contributed by atoms with E-state index in [1.807, 2.05) is 32.0 Å². The van der Waals surface area contributed by atoms with Crippen molar-refractivity contribution < 1.29 is 19.4 Å². The van der Waals surface area contributed by atoms with Crippen LogP contribution in [-0.2, 0) is 6.61 Å². The smallest absolute Gasteiger partial charge is 0.275 e. The molecule has 0 heterocycles. The number of hydrogen-bond donors (Lipinski definition) is 2. The summed E-state index contributed by atoms with van der Waals surface area (Å²) in [6.07, 6.45) is 1.49. The van der Waals surface area contributed by atoms with E-state index in [1.54, 1.807) is 19.2 Å². The molecule has 0 spiro atoms. The highest BCUT2D eigenvalue weighted by atomic mass is 35.5. The molecule has 3 rings (SSSR count). The van der Waals surface area contributed by atoms with Crippen LogP contribution in [0, 0.1) is 13.8 Å². The minimum atomic E-state index is -0.555. The number of carbonyl (C=O) groups excluding carboxylic acids is 1. The number of nitrogens with one attached hydrogen (secondary N) is 1. The van der Waals surface area contributed by atoms with Gasteiger partial charge in [-0.1, -0.05) is 23.2 Å². The number of methoxy groups -OCH3 is 1. The number of aryl methyl sites for hydroxylation is 2. The molecule has 0 aliphatic carbocycles. The molecule has 0 saturated heterocycles. The first-order valence-corrected chi connectivity index (χ1v) is 10.4. The number of ether oxygens (including phenoxy) is 2. The first-order valence-electron chi connectivity index (χ1n) is 9.67. The van der Waals surface area contributed by atoms with E-state index in [2.05, 4.69) is 10.5 Å². The summed E-state index contributed by atoms with van der Waals surface area (Å²) in [6.45, 7) is 4.13. The molecule has 0 radical (unpaired) electrons. The predicted octanol–water partition coefficient (Wildman–Crippen LogP) is 5.67. The summed E-state index contributed by atoms with van der Waals surface area (Å²) in [5.41, 5.74) is 5.88. The Bertz CT molecular complexity index is 1160. The number of nitrogens with zero attached hydrogens (tertiary/aromatic N) is 1. The van der Waals surface area contributed by atoms with Gasteiger partial charge >= 0.3 is 0 Å². The van der Waals surface area contributed by atoms with Gasteiger partial charge in [0.05, 0.1) is 18.9 Å². The summed E-state index contributed by atoms with van der Waals surface area (Å²) < 4.78 is 11.4. The second-order valence-corrected chi connectivity index (χ2v) is 7.91. The Morgan fingerprint density at radius 3 is 2.47 bits per heavy atom. The number of benzene rings is 3. The molecule has 0 aromatic heterocycles. The summed E-state index contributed by atoms with van der Waals surface area (Å²) in [6, 6.07) is 13.4. The fourth-order valence-electron chi connectivity index (χ4n) is 3.06. The maximum Gasteiger partial charge on any atom is 0.275 e. The van der Waals surface area contributed by atoms with Crippen molar-refractivity contribution in [2.75, 3.05) is 7.11 Å². The summed E-state index contributed by atoms with van der Waals surface area (Å²) in [5.74, 6) is 0.600. The van der Waals surface area contributed by atoms with Gasteiger partial charge < -0.3 is 14.6 Å². The lowest BCUT2D eigenvalue weighted by Crippen LogP contribution is -2.17. The lowest BCUT2D eigenvalue weighted by molar-refractivity contribution is 0.0952. The van der Waals surface area contributed by atoms with Gasteiger partial charge in [0.15, 0.2) is 0 Å². The molecule has 0 unspecified atom stereocenters. The summed E-state index contributed by atoms with van der Waals surface area (Å²) >= 11 is 12.0. The second kappa shape index (κ2) is 10.4. The van der Waals surface area contributed by atoms with Crippen LogP contribution in [0.4, 0.5) is 0 Å². The van der Waals surface area contributed by atoms with Crippen molar-refractivity contribution in [3.8, 4) is 17.2 Å². The van der Waals surface area contributed by atoms with Crippen LogP contribution in [0.25, 0.3) is 0 Å². The third kappa shape index (κ3) is 5.72. The topological polar surface area (TPSA) is 80.2 Å². The summed E-state index contributed by atoms with van der Waals surface area (Å²) in [7, 11) is 1.59. The van der Waals surface area contributed by atoms with Crippen LogP contribution in [0.5, 0.6) is 17.2 Å². The summed E-state index contributed by atoms with van der Waals surface area (Å²) in [5, 5.41) is 14.9. The number of rotatable bonds is 7. The molecule has 0 fully saturated rings. The van der Waals surface area contributed by atoms with E-state index >= 15 is 0 Å². The fraction of sp³-hybridized carbons (Fsp3) is 0.167. The van der Waals surface area contributed by atoms with Gasteiger partial charge in [-0.05, 0) is 79.1 Å². The highest BCUT2D eigenvalue weighted by molar-refractivity contribution is 6.32. The van der Waals surface area contributed by atoms with Gasteiger partial charge in [0.25, 0.3) is 5.91 Å². The van der Waals surface area contributed by atoms with Crippen LogP contribution in [0.2, 0.25) is 10.0 Å². The van der Waals surface area contributed by atoms with E-state index < -0.39 is 5.91 Å². The van der Waals surface area contributed by atoms with Crippen LogP contribution in [0.15, 0.2) is 53.6 Å². The molecule has 8 heteroatoms. The van der Waals surface area contributed by atoms with Gasteiger partial charge in [0.2, 0.25) is 0 Å². The molecular weight excluding hydrogens is 451 g/mol. The first-order chi connectivity index (χ1) is 15.3. The average Bonchev–Trinajstić information content (AvgIpc) is 2.76. The number of hydrogen-bond acceptors (Lipinski definition) is 5. The number of aromatic hydroxyl groups is 1. The Kier molecular flexibility index (Phi) is 7.62. The van der Waals surface area contributed by atoms with Crippen molar-refractivity contribution >= 4 is 35.3 Å². The maximum atomic E-state index is 12.2. The second-order valence-electron chi connectivity index (χ2n) is 7.09. The van der Waals surface area contributed by atoms with Gasteiger partial charge in [-0.25, -0.2) is 5.43 Å². The first kappa shape index (κ1) is 23.4. The van der Waals surface area contributed by atoms with Gasteiger partial charge in [-0.2, -0.15) is 5.10 Å². The largest absolute Gasteiger partial charge is 0.507 e. The Hall–Kier alpha value is -3.22. The van der Waals surface area contributed by atoms with E-state index in [1.165, 1.54) is 24.4 Å². The molecule has 0 aliphatic rings. The molecule has 0 saturated carbocycles. The Balaban J connectivity index is 1.70. The highest BCUT2D eigenvalue weighted by Gasteiger charge is 2.11. The lowest BCUT2D eigenvalue weighted by Gasteiger charge is -2.13. The van der Waals surface area contributed by atoms with Crippen molar-refractivity contribution in [3.63, 3.8) is 0 Å². The number of amides is 1. The molecular formula is C24H22Cl2N2O4. The fourth-order valence-corrected chi connectivity index (χ4v) is 3.34. The lowest BCUT2D eigenvalue weighted by atomic mass is 10.1. The zero-order valence-corrected chi connectivity index (χ0v) is 19.3. The van der Waals surface area contributed by atoms with Crippen molar-refractivity contribution in [1.82, 2.24) is 5.43 Å². The monoisotopic (exact) mass is 472 g/mol. The van der Waals surface area contributed by atoms with Crippen molar-refractivity contribution in [1.29, 1.82) is 0 Å². The molecule has 3 aromatic carbocycles. The molecule has 6 nitrogen and oxygen atoms in total. The molecule has 0 aliphatic heterocycles. The van der Waals surface area contributed by atoms with E-state index in [-0.39, 0.29) is 17.9 Å². The third-order valence-corrected chi connectivity index (χ3v) is 5.52. The number of halogens is 2. The van der Waals surface area contributed by atoms with Crippen molar-refractivity contribution in [2.24, 2.45) is 5.10 Å². The van der Waals surface area contributed by atoms with Crippen molar-refractivity contribution in [3.05, 3.63) is 86.4 Å². The highest BCUT2D eigenvalue weighted by Crippen LogP contribution is 2.28. The minimum Gasteiger partial charge on any atom is -0.507 e. The SMILES string of the molecule is COc1ccc(/C=N\NC(=O)c2ccc(Cl)cc2O)cc1COc1cc(C)c(Cl)c(C)c1. The van der Waals surface area contributed by atoms with Gasteiger partial charge in [0.1, 0.15) is 23.9 Å². The van der Waals surface area contributed by atoms with Gasteiger partial charge in [-0.3, -0.25) is 4.79 Å². The predicted molar refractivity (Wildman–Crippen MR) is 126 cm³/mol. The number of hydrazone groups is 1. The zero-order valence-electron chi connectivity index (χ0n) is 17.8. The molecule has 2 N–H and O–H groups in total. The molecule has 0 atom stereocenters. The maximum absolute atomic E-state index is 12.2. The van der Waals surface area contributed by atoms with Gasteiger partial charge in [0, 0.05) is 15.6 Å². The number of phenols is 1. The Labute approximate surface area is 196 Å². The molecule has 32 heavy (non-hydrogen) atoms. The van der Waals surface area contributed by atoms with E-state index in [9.17, 15) is 9.90 Å². The number of carbonyl (C=O) groups is 1. The van der Waals surface area contributed by atoms with E-state index in [0.29, 0.717) is 16.5 Å². The van der Waals surface area contributed by atoms with E-state index in [0.717, 1.165) is 27.3 Å². The zero-order chi connectivity index (χ0) is 23.3. The van der Waals surface area contributed by atoms with Gasteiger partial charge in [-0.15, -0.1) is 0 Å². The quantitative estimate of drug-likeness (QED) is 0.343. The van der Waals surface area contributed by atoms with Crippen LogP contribution in [0.3, 0.4) is 0 Å². The summed E-state index contributed by atoms with van der Waals surface area (Å²) in [4.78, 5) is 12.2. The Morgan fingerprint density at radius 2 is 1.81 bits per heavy atom. The molecule has 1 amide bonds. The molecule has 3 aromatic rings.